The lowest BCUT2D eigenvalue weighted by molar-refractivity contribution is 0.174. The molecule has 3 heterocycles. The fraction of sp³-hybridized carbons (Fsp3) is 0.550. The Hall–Kier alpha value is -2.61. The lowest BCUT2D eigenvalue weighted by Crippen LogP contribution is -2.46. The number of nitrogens with zero attached hydrogens (tertiary/aromatic N) is 5. The Labute approximate surface area is 164 Å². The first kappa shape index (κ1) is 17.5. The molecule has 2 aliphatic heterocycles. The molecule has 1 saturated heterocycles. The van der Waals surface area contributed by atoms with E-state index in [2.05, 4.69) is 37.4 Å². The molecule has 2 aromatic rings. The molecule has 5 rings (SSSR count). The van der Waals surface area contributed by atoms with Gasteiger partial charge in [0.1, 0.15) is 0 Å². The summed E-state index contributed by atoms with van der Waals surface area (Å²) in [5.74, 6) is 3.27. The summed E-state index contributed by atoms with van der Waals surface area (Å²) in [4.78, 5) is 9.46. The summed E-state index contributed by atoms with van der Waals surface area (Å²) < 4.78 is 10.9. The van der Waals surface area contributed by atoms with Crippen molar-refractivity contribution in [1.82, 2.24) is 20.1 Å². The van der Waals surface area contributed by atoms with E-state index in [1.165, 1.54) is 31.2 Å². The second-order valence-corrected chi connectivity index (χ2v) is 7.71. The summed E-state index contributed by atoms with van der Waals surface area (Å²) in [5, 5.41) is 11.8. The number of fused-ring (bicyclic) bond motifs is 1. The highest BCUT2D eigenvalue weighted by atomic mass is 16.7. The quantitative estimate of drug-likeness (QED) is 0.844. The van der Waals surface area contributed by atoms with Crippen LogP contribution in [0.2, 0.25) is 0 Å². The Bertz CT molecular complexity index is 818. The molecule has 2 fully saturated rings. The van der Waals surface area contributed by atoms with Crippen LogP contribution < -0.4 is 19.7 Å². The number of rotatable bonds is 5. The summed E-state index contributed by atoms with van der Waals surface area (Å²) in [6, 6.07) is 6.70. The second-order valence-electron chi connectivity index (χ2n) is 7.71. The molecular weight excluding hydrogens is 356 g/mol. The van der Waals surface area contributed by atoms with Crippen LogP contribution in [0.15, 0.2) is 24.4 Å². The third kappa shape index (κ3) is 3.82. The first-order chi connectivity index (χ1) is 13.8. The predicted octanol–water partition coefficient (Wildman–Crippen LogP) is 2.28. The molecule has 148 valence electrons. The summed E-state index contributed by atoms with van der Waals surface area (Å²) in [6.45, 7) is 5.09. The highest BCUT2D eigenvalue weighted by Gasteiger charge is 2.21. The van der Waals surface area contributed by atoms with Gasteiger partial charge in [-0.2, -0.15) is 10.1 Å². The van der Waals surface area contributed by atoms with Gasteiger partial charge in [-0.25, -0.2) is 0 Å². The lowest BCUT2D eigenvalue weighted by atomic mass is 10.1. The Morgan fingerprint density at radius 3 is 2.71 bits per heavy atom. The Morgan fingerprint density at radius 2 is 1.86 bits per heavy atom. The van der Waals surface area contributed by atoms with Crippen LogP contribution in [0, 0.1) is 0 Å². The number of ether oxygens (including phenoxy) is 2. The molecule has 8 heteroatoms. The predicted molar refractivity (Wildman–Crippen MR) is 106 cm³/mol. The van der Waals surface area contributed by atoms with E-state index in [9.17, 15) is 0 Å². The van der Waals surface area contributed by atoms with Crippen molar-refractivity contribution >= 4 is 11.8 Å². The van der Waals surface area contributed by atoms with Crippen molar-refractivity contribution in [2.45, 2.75) is 38.3 Å². The van der Waals surface area contributed by atoms with Gasteiger partial charge in [0.2, 0.25) is 12.7 Å². The molecule has 0 bridgehead atoms. The van der Waals surface area contributed by atoms with E-state index >= 15 is 0 Å². The zero-order valence-corrected chi connectivity index (χ0v) is 16.0. The van der Waals surface area contributed by atoms with Gasteiger partial charge in [-0.05, 0) is 30.5 Å². The van der Waals surface area contributed by atoms with Gasteiger partial charge in [-0.3, -0.25) is 4.90 Å². The van der Waals surface area contributed by atoms with Crippen molar-refractivity contribution in [3.63, 3.8) is 0 Å². The Kier molecular flexibility index (Phi) is 4.86. The Morgan fingerprint density at radius 1 is 1.04 bits per heavy atom. The highest BCUT2D eigenvalue weighted by Crippen LogP contribution is 2.33. The molecule has 0 amide bonds. The molecule has 1 aromatic heterocycles. The minimum atomic E-state index is 0.321. The van der Waals surface area contributed by atoms with Crippen LogP contribution >= 0.6 is 0 Å². The van der Waals surface area contributed by atoms with E-state index in [0.717, 1.165) is 50.0 Å². The molecule has 0 atom stereocenters. The lowest BCUT2D eigenvalue weighted by Gasteiger charge is -2.35. The van der Waals surface area contributed by atoms with Crippen molar-refractivity contribution in [3.8, 4) is 11.5 Å². The zero-order chi connectivity index (χ0) is 18.8. The van der Waals surface area contributed by atoms with Gasteiger partial charge in [0.25, 0.3) is 0 Å². The average molecular weight is 382 g/mol. The van der Waals surface area contributed by atoms with Gasteiger partial charge < -0.3 is 19.7 Å². The summed E-state index contributed by atoms with van der Waals surface area (Å²) >= 11 is 0. The van der Waals surface area contributed by atoms with Gasteiger partial charge in [0, 0.05) is 38.8 Å². The number of hydrogen-bond donors (Lipinski definition) is 1. The normalized spacial score (nSPS) is 19.9. The van der Waals surface area contributed by atoms with Gasteiger partial charge in [-0.1, -0.05) is 18.9 Å². The maximum absolute atomic E-state index is 5.49. The second kappa shape index (κ2) is 7.79. The van der Waals surface area contributed by atoms with Crippen LogP contribution in [0.3, 0.4) is 0 Å². The smallest absolute Gasteiger partial charge is 0.244 e. The van der Waals surface area contributed by atoms with Crippen LogP contribution in [0.4, 0.5) is 11.8 Å². The number of nitrogens with one attached hydrogen (secondary N) is 1. The number of hydrogen-bond acceptors (Lipinski definition) is 8. The minimum absolute atomic E-state index is 0.321. The highest BCUT2D eigenvalue weighted by molar-refractivity contribution is 5.44. The largest absolute Gasteiger partial charge is 0.454 e. The topological polar surface area (TPSA) is 75.6 Å². The first-order valence-corrected chi connectivity index (χ1v) is 10.2. The van der Waals surface area contributed by atoms with Crippen molar-refractivity contribution in [2.75, 3.05) is 43.2 Å². The van der Waals surface area contributed by atoms with E-state index < -0.39 is 0 Å². The van der Waals surface area contributed by atoms with E-state index in [1.54, 1.807) is 6.20 Å². The van der Waals surface area contributed by atoms with Gasteiger partial charge in [0.15, 0.2) is 17.3 Å². The fourth-order valence-electron chi connectivity index (χ4n) is 4.19. The SMILES string of the molecule is c1cc2c(cc1CN1CCN(c3cnnc(NC4CCCC4)n3)CC1)OCO2. The van der Waals surface area contributed by atoms with E-state index in [1.807, 2.05) is 6.07 Å². The van der Waals surface area contributed by atoms with Crippen molar-refractivity contribution in [2.24, 2.45) is 0 Å². The van der Waals surface area contributed by atoms with E-state index in [4.69, 9.17) is 14.5 Å². The van der Waals surface area contributed by atoms with Crippen LogP contribution in [0.1, 0.15) is 31.2 Å². The number of piperazine rings is 1. The van der Waals surface area contributed by atoms with Crippen LogP contribution in [-0.4, -0.2) is 59.1 Å². The first-order valence-electron chi connectivity index (χ1n) is 10.2. The molecule has 1 saturated carbocycles. The van der Waals surface area contributed by atoms with Gasteiger partial charge in [-0.15, -0.1) is 5.10 Å². The molecule has 0 radical (unpaired) electrons. The van der Waals surface area contributed by atoms with Gasteiger partial charge >= 0.3 is 0 Å². The molecular formula is C20H26N6O2. The van der Waals surface area contributed by atoms with Gasteiger partial charge in [0.05, 0.1) is 6.20 Å². The summed E-state index contributed by atoms with van der Waals surface area (Å²) in [7, 11) is 0. The molecule has 1 N–H and O–H groups in total. The third-order valence-corrected chi connectivity index (χ3v) is 5.77. The minimum Gasteiger partial charge on any atom is -0.454 e. The van der Waals surface area contributed by atoms with Crippen molar-refractivity contribution < 1.29 is 9.47 Å². The van der Waals surface area contributed by atoms with Crippen molar-refractivity contribution in [1.29, 1.82) is 0 Å². The van der Waals surface area contributed by atoms with E-state index in [-0.39, 0.29) is 0 Å². The molecule has 28 heavy (non-hydrogen) atoms. The van der Waals surface area contributed by atoms with E-state index in [0.29, 0.717) is 18.8 Å². The maximum Gasteiger partial charge on any atom is 0.244 e. The molecule has 8 nitrogen and oxygen atoms in total. The van der Waals surface area contributed by atoms with Crippen molar-refractivity contribution in [3.05, 3.63) is 30.0 Å². The van der Waals surface area contributed by atoms with Crippen LogP contribution in [0.5, 0.6) is 11.5 Å². The average Bonchev–Trinajstić information content (AvgIpc) is 3.40. The summed E-state index contributed by atoms with van der Waals surface area (Å²) in [5.41, 5.74) is 1.25. The molecule has 0 spiro atoms. The Balaban J connectivity index is 1.17. The zero-order valence-electron chi connectivity index (χ0n) is 16.0. The molecule has 3 aliphatic rings. The van der Waals surface area contributed by atoms with Crippen LogP contribution in [0.25, 0.3) is 0 Å². The molecule has 0 unspecified atom stereocenters. The monoisotopic (exact) mass is 382 g/mol. The fourth-order valence-corrected chi connectivity index (χ4v) is 4.19. The summed E-state index contributed by atoms with van der Waals surface area (Å²) in [6.07, 6.45) is 6.75. The molecule has 1 aliphatic carbocycles. The number of benzene rings is 1. The maximum atomic E-state index is 5.49. The number of aromatic nitrogens is 3. The number of anilines is 2. The van der Waals surface area contributed by atoms with Crippen LogP contribution in [-0.2, 0) is 6.54 Å². The third-order valence-electron chi connectivity index (χ3n) is 5.77. The standard InChI is InChI=1S/C20H26N6O2/c1-2-4-16(3-1)22-20-23-19(12-21-24-20)26-9-7-25(8-10-26)13-15-5-6-17-18(11-15)28-14-27-17/h5-6,11-12,16H,1-4,7-10,13-14H2,(H,22,23,24). The molecule has 1 aromatic carbocycles.